The van der Waals surface area contributed by atoms with E-state index in [0.717, 1.165) is 22.5 Å². The third-order valence-corrected chi connectivity index (χ3v) is 3.34. The summed E-state index contributed by atoms with van der Waals surface area (Å²) in [6, 6.07) is 7.72. The van der Waals surface area contributed by atoms with Crippen LogP contribution in [0.1, 0.15) is 10.4 Å². The van der Waals surface area contributed by atoms with Crippen LogP contribution in [0.5, 0.6) is 0 Å². The van der Waals surface area contributed by atoms with Crippen LogP contribution in [0.4, 0.5) is 5.69 Å². The number of hydrogen-bond donors (Lipinski definition) is 1. The van der Waals surface area contributed by atoms with Crippen molar-refractivity contribution in [3.05, 3.63) is 65.7 Å². The average molecular weight is 239 g/mol. The lowest BCUT2D eigenvalue weighted by molar-refractivity contribution is -0.763. The number of likely N-dealkylation sites (N-methyl/N-ethyl adjacent to an activating group) is 1. The van der Waals surface area contributed by atoms with E-state index in [0.29, 0.717) is 0 Å². The number of hydrogen-bond acceptors (Lipinski definition) is 2. The molecule has 2 heterocycles. The normalized spacial score (nSPS) is 23.8. The molecule has 1 aromatic carbocycles. The predicted octanol–water partition coefficient (Wildman–Crippen LogP) is 1.13. The fourth-order valence-corrected chi connectivity index (χ4v) is 2.37. The van der Waals surface area contributed by atoms with Crippen LogP contribution >= 0.6 is 0 Å². The van der Waals surface area contributed by atoms with Gasteiger partial charge in [-0.05, 0) is 18.2 Å². The number of quaternary nitrogens is 1. The first kappa shape index (κ1) is 11.0. The van der Waals surface area contributed by atoms with Gasteiger partial charge in [0.15, 0.2) is 0 Å². The molecule has 1 N–H and O–H groups in total. The van der Waals surface area contributed by atoms with Crippen LogP contribution < -0.4 is 9.80 Å². The van der Waals surface area contributed by atoms with Crippen molar-refractivity contribution in [3.63, 3.8) is 0 Å². The highest BCUT2D eigenvalue weighted by molar-refractivity contribution is 6.19. The van der Waals surface area contributed by atoms with Gasteiger partial charge < -0.3 is 4.90 Å². The Morgan fingerprint density at radius 2 is 2.06 bits per heavy atom. The van der Waals surface area contributed by atoms with Gasteiger partial charge in [0.1, 0.15) is 6.20 Å². The van der Waals surface area contributed by atoms with Crippen LogP contribution in [-0.4, -0.2) is 19.9 Å². The Hall–Kier alpha value is -2.13. The summed E-state index contributed by atoms with van der Waals surface area (Å²) in [5, 5.41) is 0. The Morgan fingerprint density at radius 3 is 2.72 bits per heavy atom. The third-order valence-electron chi connectivity index (χ3n) is 3.34. The van der Waals surface area contributed by atoms with Crippen LogP contribution in [0.25, 0.3) is 0 Å². The maximum atomic E-state index is 12.3. The molecule has 0 saturated heterocycles. The zero-order valence-electron chi connectivity index (χ0n) is 10.5. The van der Waals surface area contributed by atoms with Crippen LogP contribution in [0.2, 0.25) is 0 Å². The predicted molar refractivity (Wildman–Crippen MR) is 71.4 cm³/mol. The fourth-order valence-electron chi connectivity index (χ4n) is 2.37. The number of benzene rings is 1. The van der Waals surface area contributed by atoms with Crippen LogP contribution in [-0.2, 0) is 0 Å². The van der Waals surface area contributed by atoms with E-state index in [1.165, 1.54) is 4.90 Å². The molecule has 0 spiro atoms. The topological polar surface area (TPSA) is 24.8 Å². The van der Waals surface area contributed by atoms with Gasteiger partial charge in [-0.3, -0.25) is 9.69 Å². The lowest BCUT2D eigenvalue weighted by atomic mass is 10.1. The summed E-state index contributed by atoms with van der Waals surface area (Å²) in [7, 11) is 3.99. The van der Waals surface area contributed by atoms with Gasteiger partial charge in [0, 0.05) is 24.3 Å². The molecule has 1 aromatic rings. The number of carbonyl (C=O) groups is 1. The number of ketones is 1. The van der Waals surface area contributed by atoms with E-state index in [4.69, 9.17) is 0 Å². The molecule has 3 heteroatoms. The molecule has 1 atom stereocenters. The number of allylic oxidation sites excluding steroid dienone is 4. The van der Waals surface area contributed by atoms with Crippen molar-refractivity contribution in [2.45, 2.75) is 0 Å². The van der Waals surface area contributed by atoms with Crippen LogP contribution in [0.15, 0.2) is 60.1 Å². The number of nitrogens with one attached hydrogen (secondary N) is 1. The molecule has 0 aliphatic carbocycles. The summed E-state index contributed by atoms with van der Waals surface area (Å²) in [4.78, 5) is 15.5. The third kappa shape index (κ3) is 1.60. The van der Waals surface area contributed by atoms with Crippen LogP contribution in [0.3, 0.4) is 0 Å². The second kappa shape index (κ2) is 3.96. The van der Waals surface area contributed by atoms with Gasteiger partial charge >= 0.3 is 0 Å². The molecule has 0 bridgehead atoms. The molecule has 2 aliphatic rings. The molecule has 3 rings (SSSR count). The average Bonchev–Trinajstić information content (AvgIpc) is 2.88. The van der Waals surface area contributed by atoms with Crippen molar-refractivity contribution in [2.24, 2.45) is 0 Å². The maximum Gasteiger partial charge on any atom is 0.211 e. The van der Waals surface area contributed by atoms with E-state index in [1.54, 1.807) is 0 Å². The molecular formula is C15H15N2O+. The van der Waals surface area contributed by atoms with Gasteiger partial charge in [-0.15, -0.1) is 0 Å². The minimum absolute atomic E-state index is 0.104. The molecule has 0 radical (unpaired) electrons. The van der Waals surface area contributed by atoms with Crippen molar-refractivity contribution in [1.29, 1.82) is 0 Å². The summed E-state index contributed by atoms with van der Waals surface area (Å²) in [5.74, 6) is 0.104. The number of rotatable bonds is 1. The maximum absolute atomic E-state index is 12.3. The number of fused-ring (bicyclic) bond motifs is 1. The summed E-state index contributed by atoms with van der Waals surface area (Å²) in [5.41, 5.74) is 3.59. The highest BCUT2D eigenvalue weighted by Crippen LogP contribution is 2.33. The quantitative estimate of drug-likeness (QED) is 0.743. The summed E-state index contributed by atoms with van der Waals surface area (Å²) in [6.45, 7) is 0. The highest BCUT2D eigenvalue weighted by atomic mass is 16.1. The molecule has 0 amide bonds. The number of para-hydroxylation sites is 1. The zero-order valence-corrected chi connectivity index (χ0v) is 10.5. The van der Waals surface area contributed by atoms with E-state index in [2.05, 4.69) is 19.4 Å². The second-order valence-corrected chi connectivity index (χ2v) is 4.66. The van der Waals surface area contributed by atoms with Gasteiger partial charge in [0.2, 0.25) is 5.78 Å². The number of nitrogens with zero attached hydrogens (tertiary/aromatic N) is 1. The largest absolute Gasteiger partial charge is 0.341 e. The minimum atomic E-state index is 0.104. The molecule has 18 heavy (non-hydrogen) atoms. The van der Waals surface area contributed by atoms with E-state index in [-0.39, 0.29) is 5.78 Å². The second-order valence-electron chi connectivity index (χ2n) is 4.66. The van der Waals surface area contributed by atoms with Crippen molar-refractivity contribution in [3.8, 4) is 0 Å². The zero-order chi connectivity index (χ0) is 12.7. The Morgan fingerprint density at radius 1 is 1.28 bits per heavy atom. The molecule has 2 aliphatic heterocycles. The highest BCUT2D eigenvalue weighted by Gasteiger charge is 2.29. The first-order chi connectivity index (χ1) is 8.66. The van der Waals surface area contributed by atoms with E-state index < -0.39 is 0 Å². The Labute approximate surface area is 106 Å². The van der Waals surface area contributed by atoms with Crippen molar-refractivity contribution >= 4 is 11.5 Å². The monoisotopic (exact) mass is 239 g/mol. The van der Waals surface area contributed by atoms with Gasteiger partial charge in [-0.1, -0.05) is 12.1 Å². The van der Waals surface area contributed by atoms with Crippen molar-refractivity contribution in [2.75, 3.05) is 19.0 Å². The minimum Gasteiger partial charge on any atom is -0.341 e. The van der Waals surface area contributed by atoms with Gasteiger partial charge in [0.05, 0.1) is 24.6 Å². The first-order valence-electron chi connectivity index (χ1n) is 5.99. The van der Waals surface area contributed by atoms with Crippen molar-refractivity contribution < 1.29 is 9.69 Å². The Bertz CT molecular complexity index is 611. The summed E-state index contributed by atoms with van der Waals surface area (Å²) < 4.78 is 0. The lowest BCUT2D eigenvalue weighted by Gasteiger charge is -2.12. The van der Waals surface area contributed by atoms with E-state index >= 15 is 0 Å². The molecular weight excluding hydrogens is 224 g/mol. The fraction of sp³-hybridized carbons (Fsp3) is 0.133. The summed E-state index contributed by atoms with van der Waals surface area (Å²) in [6.07, 6.45) is 8.12. The van der Waals surface area contributed by atoms with Gasteiger partial charge in [-0.2, -0.15) is 0 Å². The molecule has 0 fully saturated rings. The SMILES string of the molecule is CN1/C(=C/C2=C[NH+](C)C=C2)C(=O)c2ccccc21. The molecule has 3 nitrogen and oxygen atoms in total. The number of Topliss-reactive ketones (excluding diaryl/α,β-unsaturated/α-hetero) is 1. The molecule has 0 saturated carbocycles. The van der Waals surface area contributed by atoms with E-state index in [9.17, 15) is 4.79 Å². The molecule has 90 valence electrons. The van der Waals surface area contributed by atoms with Gasteiger partial charge in [-0.25, -0.2) is 0 Å². The number of anilines is 1. The standard InChI is InChI=1S/C15H14N2O/c1-16-8-7-11(10-16)9-14-15(18)12-5-3-4-6-13(12)17(14)2/h3-10H,1-2H3/p+1/b14-9+. The number of carbonyl (C=O) groups excluding carboxylic acids is 1. The Balaban J connectivity index is 2.02. The lowest BCUT2D eigenvalue weighted by Crippen LogP contribution is -2.98. The van der Waals surface area contributed by atoms with E-state index in [1.807, 2.05) is 48.4 Å². The van der Waals surface area contributed by atoms with Crippen molar-refractivity contribution in [1.82, 2.24) is 0 Å². The summed E-state index contributed by atoms with van der Waals surface area (Å²) >= 11 is 0. The Kier molecular flexibility index (Phi) is 2.42. The van der Waals surface area contributed by atoms with Crippen LogP contribution in [0, 0.1) is 0 Å². The first-order valence-corrected chi connectivity index (χ1v) is 5.99. The van der Waals surface area contributed by atoms with Gasteiger partial charge in [0.25, 0.3) is 0 Å². The smallest absolute Gasteiger partial charge is 0.211 e. The molecule has 0 aromatic heterocycles. The molecule has 1 unspecified atom stereocenters.